The van der Waals surface area contributed by atoms with E-state index in [0.717, 1.165) is 16.7 Å². The predicted molar refractivity (Wildman–Crippen MR) is 120 cm³/mol. The van der Waals surface area contributed by atoms with Gasteiger partial charge in [-0.05, 0) is 30.8 Å². The monoisotopic (exact) mass is 450 g/mol. The van der Waals surface area contributed by atoms with E-state index in [1.807, 2.05) is 30.1 Å². The molecule has 30 heavy (non-hydrogen) atoms. The Kier molecular flexibility index (Phi) is 8.23. The van der Waals surface area contributed by atoms with Crippen LogP contribution in [0.25, 0.3) is 6.08 Å². The summed E-state index contributed by atoms with van der Waals surface area (Å²) in [5.41, 5.74) is 2.52. The van der Waals surface area contributed by atoms with Crippen LogP contribution in [0.4, 0.5) is 5.82 Å². The number of ether oxygens (including phenoxy) is 1. The lowest BCUT2D eigenvalue weighted by molar-refractivity contribution is -0.125. The Morgan fingerprint density at radius 3 is 2.90 bits per heavy atom. The third-order valence-corrected chi connectivity index (χ3v) is 4.85. The van der Waals surface area contributed by atoms with Gasteiger partial charge in [0.2, 0.25) is 11.8 Å². The van der Waals surface area contributed by atoms with Crippen LogP contribution in [-0.4, -0.2) is 54.3 Å². The topological polar surface area (TPSA) is 74.8 Å². The van der Waals surface area contributed by atoms with E-state index in [2.05, 4.69) is 10.3 Å². The summed E-state index contributed by atoms with van der Waals surface area (Å²) >= 11 is 6.14. The van der Waals surface area contributed by atoms with E-state index in [4.69, 9.17) is 16.3 Å². The average molecular weight is 451 g/mol. The van der Waals surface area contributed by atoms with Gasteiger partial charge in [0.25, 0.3) is 0 Å². The molecule has 0 radical (unpaired) electrons. The predicted octanol–water partition coefficient (Wildman–Crippen LogP) is 3.22. The maximum Gasteiger partial charge on any atom is 0.246 e. The Hall–Kier alpha value is -2.61. The lowest BCUT2D eigenvalue weighted by Gasteiger charge is -2.18. The van der Waals surface area contributed by atoms with Gasteiger partial charge in [-0.25, -0.2) is 4.98 Å². The molecule has 1 aromatic heterocycles. The zero-order chi connectivity index (χ0) is 21.0. The Morgan fingerprint density at radius 1 is 1.40 bits per heavy atom. The summed E-state index contributed by atoms with van der Waals surface area (Å²) < 4.78 is 5.34. The fourth-order valence-electron chi connectivity index (χ4n) is 3.15. The molecule has 2 aromatic rings. The van der Waals surface area contributed by atoms with Crippen molar-refractivity contribution in [1.82, 2.24) is 14.8 Å². The molecular weight excluding hydrogens is 427 g/mol. The summed E-state index contributed by atoms with van der Waals surface area (Å²) in [7, 11) is 5.14. The molecule has 0 atom stereocenters. The van der Waals surface area contributed by atoms with E-state index in [-0.39, 0.29) is 24.2 Å². The number of halogens is 2. The van der Waals surface area contributed by atoms with Crippen molar-refractivity contribution in [2.24, 2.45) is 0 Å². The number of amides is 2. The van der Waals surface area contributed by atoms with Crippen molar-refractivity contribution in [2.45, 2.75) is 13.1 Å². The number of likely N-dealkylation sites (N-methyl/N-ethyl adjacent to an activating group) is 2. The van der Waals surface area contributed by atoms with Gasteiger partial charge in [-0.2, -0.15) is 0 Å². The summed E-state index contributed by atoms with van der Waals surface area (Å²) in [5.74, 6) is 0.884. The minimum Gasteiger partial charge on any atom is -0.495 e. The Bertz CT molecular complexity index is 965. The first-order valence-electron chi connectivity index (χ1n) is 9.09. The SMILES string of the molecule is COc1c(Cl)cccc1CN(C)C(=O)/C=C/c1cnc2c(c1)CN(C)CC(=O)N2.Cl. The van der Waals surface area contributed by atoms with Gasteiger partial charge in [0.05, 0.1) is 18.7 Å². The average Bonchev–Trinajstić information content (AvgIpc) is 2.81. The lowest BCUT2D eigenvalue weighted by Crippen LogP contribution is -2.26. The summed E-state index contributed by atoms with van der Waals surface area (Å²) in [5, 5.41) is 3.30. The number of fused-ring (bicyclic) bond motifs is 1. The van der Waals surface area contributed by atoms with Gasteiger partial charge in [-0.15, -0.1) is 12.4 Å². The number of carbonyl (C=O) groups is 2. The van der Waals surface area contributed by atoms with Gasteiger partial charge >= 0.3 is 0 Å². The number of hydrogen-bond donors (Lipinski definition) is 1. The maximum absolute atomic E-state index is 12.5. The number of benzene rings is 1. The Morgan fingerprint density at radius 2 is 2.17 bits per heavy atom. The van der Waals surface area contributed by atoms with Gasteiger partial charge < -0.3 is 15.0 Å². The molecule has 7 nitrogen and oxygen atoms in total. The summed E-state index contributed by atoms with van der Waals surface area (Å²) in [6.45, 7) is 1.29. The van der Waals surface area contributed by atoms with Crippen molar-refractivity contribution in [3.63, 3.8) is 0 Å². The summed E-state index contributed by atoms with van der Waals surface area (Å²) in [6.07, 6.45) is 4.85. The van der Waals surface area contributed by atoms with E-state index in [0.29, 0.717) is 36.2 Å². The number of rotatable bonds is 5. The zero-order valence-electron chi connectivity index (χ0n) is 17.0. The van der Waals surface area contributed by atoms with Crippen LogP contribution in [0.5, 0.6) is 5.75 Å². The first-order valence-corrected chi connectivity index (χ1v) is 9.47. The minimum atomic E-state index is -0.160. The number of para-hydroxylation sites is 1. The number of nitrogens with one attached hydrogen (secondary N) is 1. The molecule has 0 fully saturated rings. The first kappa shape index (κ1) is 23.7. The molecule has 3 rings (SSSR count). The Balaban J connectivity index is 0.00000320. The highest BCUT2D eigenvalue weighted by molar-refractivity contribution is 6.32. The Labute approximate surface area is 187 Å². The minimum absolute atomic E-state index is 0. The molecule has 1 aromatic carbocycles. The number of hydrogen-bond acceptors (Lipinski definition) is 5. The quantitative estimate of drug-likeness (QED) is 0.707. The standard InChI is InChI=1S/C21H23ClN4O3.ClH/c1-25-11-16-9-14(10-23-21(16)24-18(27)13-25)7-8-19(28)26(2)12-15-5-4-6-17(22)20(15)29-3;/h4-10H,11-13H2,1-3H3,(H,23,24,27);1H/b8-7+;. The number of aromatic nitrogens is 1. The maximum atomic E-state index is 12.5. The van der Waals surface area contributed by atoms with Crippen molar-refractivity contribution >= 4 is 47.7 Å². The molecule has 0 aliphatic carbocycles. The highest BCUT2D eigenvalue weighted by Crippen LogP contribution is 2.29. The second-order valence-corrected chi connectivity index (χ2v) is 7.36. The molecule has 0 spiro atoms. The third kappa shape index (κ3) is 5.72. The molecule has 9 heteroatoms. The largest absolute Gasteiger partial charge is 0.495 e. The number of nitrogens with zero attached hydrogens (tertiary/aromatic N) is 3. The van der Waals surface area contributed by atoms with Gasteiger partial charge in [-0.3, -0.25) is 14.5 Å². The fourth-order valence-corrected chi connectivity index (χ4v) is 3.42. The van der Waals surface area contributed by atoms with E-state index in [1.54, 1.807) is 37.4 Å². The van der Waals surface area contributed by atoms with Gasteiger partial charge in [0, 0.05) is 43.5 Å². The van der Waals surface area contributed by atoms with E-state index < -0.39 is 0 Å². The van der Waals surface area contributed by atoms with Crippen LogP contribution >= 0.6 is 24.0 Å². The van der Waals surface area contributed by atoms with Crippen molar-refractivity contribution in [1.29, 1.82) is 0 Å². The van der Waals surface area contributed by atoms with Crippen molar-refractivity contribution in [3.05, 3.63) is 58.3 Å². The fraction of sp³-hybridized carbons (Fsp3) is 0.286. The van der Waals surface area contributed by atoms with Crippen LogP contribution in [0.15, 0.2) is 36.5 Å². The molecular formula is C21H24Cl2N4O3. The molecule has 0 saturated carbocycles. The van der Waals surface area contributed by atoms with Crippen LogP contribution in [-0.2, 0) is 22.7 Å². The molecule has 1 aliphatic rings. The van der Waals surface area contributed by atoms with Crippen LogP contribution in [0.3, 0.4) is 0 Å². The van der Waals surface area contributed by atoms with E-state index in [9.17, 15) is 9.59 Å². The number of pyridine rings is 1. The summed E-state index contributed by atoms with van der Waals surface area (Å²) in [4.78, 5) is 32.1. The van der Waals surface area contributed by atoms with Crippen molar-refractivity contribution in [2.75, 3.05) is 33.1 Å². The molecule has 2 amide bonds. The third-order valence-electron chi connectivity index (χ3n) is 4.55. The lowest BCUT2D eigenvalue weighted by atomic mass is 10.1. The number of methoxy groups -OCH3 is 1. The van der Waals surface area contributed by atoms with Gasteiger partial charge in [0.15, 0.2) is 0 Å². The second kappa shape index (κ2) is 10.4. The number of anilines is 1. The first-order chi connectivity index (χ1) is 13.9. The van der Waals surface area contributed by atoms with E-state index in [1.165, 1.54) is 6.08 Å². The zero-order valence-corrected chi connectivity index (χ0v) is 18.6. The van der Waals surface area contributed by atoms with Crippen LogP contribution in [0.2, 0.25) is 5.02 Å². The molecule has 160 valence electrons. The molecule has 0 bridgehead atoms. The van der Waals surface area contributed by atoms with Crippen LogP contribution < -0.4 is 10.1 Å². The highest BCUT2D eigenvalue weighted by Gasteiger charge is 2.17. The van der Waals surface area contributed by atoms with Crippen molar-refractivity contribution < 1.29 is 14.3 Å². The van der Waals surface area contributed by atoms with Crippen molar-refractivity contribution in [3.8, 4) is 5.75 Å². The normalized spacial score (nSPS) is 13.8. The molecule has 2 heterocycles. The molecule has 1 aliphatic heterocycles. The number of carbonyl (C=O) groups excluding carboxylic acids is 2. The molecule has 1 N–H and O–H groups in total. The second-order valence-electron chi connectivity index (χ2n) is 6.96. The van der Waals surface area contributed by atoms with Crippen LogP contribution in [0, 0.1) is 0 Å². The smallest absolute Gasteiger partial charge is 0.246 e. The van der Waals surface area contributed by atoms with Crippen LogP contribution in [0.1, 0.15) is 16.7 Å². The molecule has 0 saturated heterocycles. The van der Waals surface area contributed by atoms with E-state index >= 15 is 0 Å². The van der Waals surface area contributed by atoms with Gasteiger partial charge in [-0.1, -0.05) is 23.7 Å². The summed E-state index contributed by atoms with van der Waals surface area (Å²) in [6, 6.07) is 7.37. The highest BCUT2D eigenvalue weighted by atomic mass is 35.5. The van der Waals surface area contributed by atoms with Gasteiger partial charge in [0.1, 0.15) is 11.6 Å². The molecule has 0 unspecified atom stereocenters.